The van der Waals surface area contributed by atoms with Gasteiger partial charge >= 0.3 is 12.2 Å². The predicted molar refractivity (Wildman–Crippen MR) is 165 cm³/mol. The molecule has 2 atom stereocenters. The highest BCUT2D eigenvalue weighted by Crippen LogP contribution is 2.25. The minimum absolute atomic E-state index is 0.0332. The molecule has 0 bridgehead atoms. The molecule has 43 heavy (non-hydrogen) atoms. The van der Waals surface area contributed by atoms with Crippen molar-refractivity contribution in [3.63, 3.8) is 0 Å². The van der Waals surface area contributed by atoms with E-state index in [2.05, 4.69) is 20.6 Å². The smallest absolute Gasteiger partial charge is 0.410 e. The van der Waals surface area contributed by atoms with Gasteiger partial charge in [-0.1, -0.05) is 74.5 Å². The van der Waals surface area contributed by atoms with E-state index in [1.54, 1.807) is 37.3 Å². The lowest BCUT2D eigenvalue weighted by molar-refractivity contribution is -0.124. The first-order valence-corrected chi connectivity index (χ1v) is 15.6. The minimum Gasteiger partial charge on any atom is -0.444 e. The molecule has 0 saturated carbocycles. The Morgan fingerprint density at radius 2 is 1.58 bits per heavy atom. The number of thiazole rings is 2. The molecule has 2 heterocycles. The van der Waals surface area contributed by atoms with Gasteiger partial charge in [-0.2, -0.15) is 0 Å². The Bertz CT molecular complexity index is 1400. The van der Waals surface area contributed by atoms with Crippen molar-refractivity contribution in [1.82, 2.24) is 25.5 Å². The summed E-state index contributed by atoms with van der Waals surface area (Å²) in [5, 5.41) is 5.75. The Labute approximate surface area is 259 Å². The highest BCUT2D eigenvalue weighted by molar-refractivity contribution is 7.09. The molecule has 12 heteroatoms. The van der Waals surface area contributed by atoms with Gasteiger partial charge in [-0.15, -0.1) is 22.7 Å². The van der Waals surface area contributed by atoms with Crippen LogP contribution in [0.15, 0.2) is 84.1 Å². The van der Waals surface area contributed by atoms with Crippen molar-refractivity contribution in [2.45, 2.75) is 45.6 Å². The average Bonchev–Trinajstić information content (AvgIpc) is 3.74. The molecule has 226 valence electrons. The first-order valence-electron chi connectivity index (χ1n) is 13.9. The van der Waals surface area contributed by atoms with Crippen molar-refractivity contribution in [3.8, 4) is 0 Å². The zero-order valence-electron chi connectivity index (χ0n) is 24.0. The summed E-state index contributed by atoms with van der Waals surface area (Å²) in [6.45, 7) is 4.03. The van der Waals surface area contributed by atoms with E-state index in [4.69, 9.17) is 9.47 Å². The largest absolute Gasteiger partial charge is 0.444 e. The molecular formula is C31H35N5O5S2. The monoisotopic (exact) mass is 621 g/mol. The number of nitrogens with one attached hydrogen (secondary N) is 2. The summed E-state index contributed by atoms with van der Waals surface area (Å²) in [7, 11) is 0. The fourth-order valence-electron chi connectivity index (χ4n) is 4.13. The normalized spacial score (nSPS) is 12.3. The van der Waals surface area contributed by atoms with Crippen LogP contribution in [-0.4, -0.2) is 52.1 Å². The van der Waals surface area contributed by atoms with E-state index in [-0.39, 0.29) is 38.1 Å². The second kappa shape index (κ2) is 16.4. The van der Waals surface area contributed by atoms with Crippen LogP contribution >= 0.6 is 22.7 Å². The topological polar surface area (TPSA) is 123 Å². The van der Waals surface area contributed by atoms with Gasteiger partial charge in [0.25, 0.3) is 0 Å². The van der Waals surface area contributed by atoms with Crippen LogP contribution in [0, 0.1) is 5.92 Å². The van der Waals surface area contributed by atoms with Gasteiger partial charge in [0, 0.05) is 44.4 Å². The first-order chi connectivity index (χ1) is 20.9. The fourth-order valence-corrected chi connectivity index (χ4v) is 5.28. The summed E-state index contributed by atoms with van der Waals surface area (Å²) in [6.07, 6.45) is 2.11. The van der Waals surface area contributed by atoms with E-state index in [0.29, 0.717) is 6.42 Å². The van der Waals surface area contributed by atoms with Gasteiger partial charge in [0.15, 0.2) is 0 Å². The lowest BCUT2D eigenvalue weighted by Crippen LogP contribution is -2.52. The molecule has 0 radical (unpaired) electrons. The van der Waals surface area contributed by atoms with Crippen molar-refractivity contribution in [3.05, 3.63) is 105 Å². The number of nitrogens with zero attached hydrogens (tertiary/aromatic N) is 3. The maximum atomic E-state index is 13.2. The molecule has 4 aromatic rings. The molecule has 0 fully saturated rings. The van der Waals surface area contributed by atoms with Crippen LogP contribution in [0.1, 0.15) is 40.8 Å². The van der Waals surface area contributed by atoms with Crippen LogP contribution in [-0.2, 0) is 33.8 Å². The number of hydrogen-bond acceptors (Lipinski definition) is 9. The maximum absolute atomic E-state index is 13.2. The third kappa shape index (κ3) is 10.5. The van der Waals surface area contributed by atoms with Crippen LogP contribution < -0.4 is 10.6 Å². The number of amides is 3. The summed E-state index contributed by atoms with van der Waals surface area (Å²) >= 11 is 2.80. The molecule has 3 amide bonds. The Balaban J connectivity index is 1.44. The Morgan fingerprint density at radius 1 is 0.907 bits per heavy atom. The van der Waals surface area contributed by atoms with Crippen molar-refractivity contribution >= 4 is 40.8 Å². The van der Waals surface area contributed by atoms with Crippen LogP contribution in [0.2, 0.25) is 0 Å². The van der Waals surface area contributed by atoms with Crippen LogP contribution in [0.4, 0.5) is 9.59 Å². The average molecular weight is 622 g/mol. The molecule has 0 aliphatic heterocycles. The van der Waals surface area contributed by atoms with E-state index in [0.717, 1.165) is 20.9 Å². The number of aromatic nitrogens is 2. The molecule has 2 N–H and O–H groups in total. The molecule has 2 aromatic carbocycles. The van der Waals surface area contributed by atoms with Gasteiger partial charge in [-0.25, -0.2) is 9.59 Å². The van der Waals surface area contributed by atoms with E-state index in [1.165, 1.54) is 27.6 Å². The summed E-state index contributed by atoms with van der Waals surface area (Å²) < 4.78 is 11.4. The van der Waals surface area contributed by atoms with Crippen molar-refractivity contribution in [1.29, 1.82) is 0 Å². The van der Waals surface area contributed by atoms with Crippen LogP contribution in [0.5, 0.6) is 0 Å². The van der Waals surface area contributed by atoms with Crippen LogP contribution in [0.25, 0.3) is 0 Å². The molecule has 0 aliphatic rings. The molecule has 2 aromatic heterocycles. The summed E-state index contributed by atoms with van der Waals surface area (Å²) in [5.74, 6) is -0.499. The predicted octanol–water partition coefficient (Wildman–Crippen LogP) is 5.59. The number of alkyl carbamates (subject to hydrolysis) is 1. The van der Waals surface area contributed by atoms with Crippen molar-refractivity contribution in [2.75, 3.05) is 13.1 Å². The molecule has 4 rings (SSSR count). The summed E-state index contributed by atoms with van der Waals surface area (Å²) in [4.78, 5) is 50.3. The van der Waals surface area contributed by atoms with Crippen molar-refractivity contribution in [2.24, 2.45) is 5.92 Å². The molecule has 0 saturated heterocycles. The molecular weight excluding hydrogens is 587 g/mol. The van der Waals surface area contributed by atoms with Gasteiger partial charge in [0.1, 0.15) is 12.7 Å². The first kappa shape index (κ1) is 31.6. The van der Waals surface area contributed by atoms with Gasteiger partial charge in [0.2, 0.25) is 5.91 Å². The van der Waals surface area contributed by atoms with E-state index in [9.17, 15) is 14.4 Å². The van der Waals surface area contributed by atoms with E-state index < -0.39 is 24.3 Å². The summed E-state index contributed by atoms with van der Waals surface area (Å²) in [5.41, 5.74) is 5.28. The maximum Gasteiger partial charge on any atom is 0.410 e. The fraction of sp³-hybridized carbons (Fsp3) is 0.323. The number of carbonyl (C=O) groups is 3. The van der Waals surface area contributed by atoms with Crippen LogP contribution in [0.3, 0.4) is 0 Å². The SMILES string of the molecule is CC(C)C(=O)NC(CNC(=O)OC(Cc1ccccc1)c1cncs1)CN(Cc1ccccc1)C(=O)OCc1cncs1. The molecule has 10 nitrogen and oxygen atoms in total. The zero-order valence-corrected chi connectivity index (χ0v) is 25.7. The lowest BCUT2D eigenvalue weighted by atomic mass is 10.1. The standard InChI is InChI=1S/C31H35N5O5S2/c1-22(2)29(37)35-25(14-34-30(38)41-27(28-16-33-21-43-28)13-23-9-5-3-6-10-23)18-36(17-24-11-7-4-8-12-24)31(39)40-19-26-15-32-20-42-26/h3-12,15-16,20-22,25,27H,13-14,17-19H2,1-2H3,(H,34,38)(H,35,37). The highest BCUT2D eigenvalue weighted by Gasteiger charge is 2.25. The number of carbonyl (C=O) groups excluding carboxylic acids is 3. The second-order valence-electron chi connectivity index (χ2n) is 10.1. The third-order valence-electron chi connectivity index (χ3n) is 6.38. The quantitative estimate of drug-likeness (QED) is 0.188. The number of rotatable bonds is 14. The Hall–Kier alpha value is -4.29. The van der Waals surface area contributed by atoms with E-state index >= 15 is 0 Å². The van der Waals surface area contributed by atoms with Crippen molar-refractivity contribution < 1.29 is 23.9 Å². The van der Waals surface area contributed by atoms with Gasteiger partial charge in [0.05, 0.1) is 26.8 Å². The Kier molecular flexibility index (Phi) is 12.0. The highest BCUT2D eigenvalue weighted by atomic mass is 32.1. The minimum atomic E-state index is -0.638. The van der Waals surface area contributed by atoms with E-state index in [1.807, 2.05) is 60.7 Å². The van der Waals surface area contributed by atoms with Gasteiger partial charge < -0.3 is 25.0 Å². The number of hydrogen-bond donors (Lipinski definition) is 2. The molecule has 2 unspecified atom stereocenters. The molecule has 0 aliphatic carbocycles. The Morgan fingerprint density at radius 3 is 2.21 bits per heavy atom. The number of ether oxygens (including phenoxy) is 2. The van der Waals surface area contributed by atoms with Gasteiger partial charge in [-0.3, -0.25) is 14.8 Å². The third-order valence-corrected chi connectivity index (χ3v) is 8.00. The number of benzene rings is 2. The second-order valence-corrected chi connectivity index (χ2v) is 12.0. The lowest BCUT2D eigenvalue weighted by Gasteiger charge is -2.28. The summed E-state index contributed by atoms with van der Waals surface area (Å²) in [6, 6.07) is 18.6. The zero-order chi connectivity index (χ0) is 30.4. The van der Waals surface area contributed by atoms with Gasteiger partial charge in [-0.05, 0) is 11.1 Å². The molecule has 0 spiro atoms.